The molecule has 0 aromatic heterocycles. The number of rotatable bonds is 5. The molecule has 0 saturated carbocycles. The summed E-state index contributed by atoms with van der Waals surface area (Å²) in [7, 11) is 0. The fourth-order valence-corrected chi connectivity index (χ4v) is 2.03. The van der Waals surface area contributed by atoms with E-state index in [0.717, 1.165) is 17.7 Å². The molecule has 0 heterocycles. The molecule has 0 radical (unpaired) electrons. The Kier molecular flexibility index (Phi) is 5.37. The van der Waals surface area contributed by atoms with E-state index in [1.165, 1.54) is 6.20 Å². The van der Waals surface area contributed by atoms with Crippen molar-refractivity contribution in [2.24, 2.45) is 0 Å². The van der Waals surface area contributed by atoms with E-state index in [1.54, 1.807) is 24.3 Å². The van der Waals surface area contributed by atoms with Crippen molar-refractivity contribution in [2.45, 2.75) is 13.3 Å². The number of nitrogen functional groups attached to an aromatic ring is 1. The molecule has 0 spiro atoms. The van der Waals surface area contributed by atoms with Crippen molar-refractivity contribution in [1.29, 1.82) is 5.26 Å². The van der Waals surface area contributed by atoms with E-state index in [1.807, 2.05) is 37.3 Å². The first-order valence-corrected chi connectivity index (χ1v) is 7.25. The normalized spacial score (nSPS) is 10.7. The number of para-hydroxylation sites is 1. The van der Waals surface area contributed by atoms with Gasteiger partial charge in [-0.3, -0.25) is 4.79 Å². The molecule has 5 nitrogen and oxygen atoms in total. The van der Waals surface area contributed by atoms with Crippen molar-refractivity contribution >= 4 is 23.0 Å². The monoisotopic (exact) mass is 306 g/mol. The molecule has 116 valence electrons. The van der Waals surface area contributed by atoms with Gasteiger partial charge in [0, 0.05) is 23.3 Å². The molecule has 0 bridgehead atoms. The smallest absolute Gasteiger partial charge is 0.267 e. The second-order valence-corrected chi connectivity index (χ2v) is 4.90. The summed E-state index contributed by atoms with van der Waals surface area (Å²) in [4.78, 5) is 12.1. The topological polar surface area (TPSA) is 90.9 Å². The van der Waals surface area contributed by atoms with Crippen LogP contribution in [0.3, 0.4) is 0 Å². The Balaban J connectivity index is 2.10. The molecule has 0 aliphatic carbocycles. The Morgan fingerprint density at radius 3 is 2.57 bits per heavy atom. The Morgan fingerprint density at radius 1 is 1.22 bits per heavy atom. The highest BCUT2D eigenvalue weighted by molar-refractivity contribution is 6.06. The Hall–Kier alpha value is -3.26. The van der Waals surface area contributed by atoms with Gasteiger partial charge in [0.15, 0.2) is 0 Å². The summed E-state index contributed by atoms with van der Waals surface area (Å²) < 4.78 is 0. The molecular formula is C18H18N4O. The number of nitrogens with zero attached hydrogens (tertiary/aromatic N) is 1. The van der Waals surface area contributed by atoms with Crippen molar-refractivity contribution in [3.63, 3.8) is 0 Å². The van der Waals surface area contributed by atoms with Gasteiger partial charge in [-0.25, -0.2) is 0 Å². The number of aryl methyl sites for hydroxylation is 1. The number of carbonyl (C=O) groups excluding carboxylic acids is 1. The minimum absolute atomic E-state index is 0.00673. The van der Waals surface area contributed by atoms with E-state index >= 15 is 0 Å². The van der Waals surface area contributed by atoms with E-state index in [2.05, 4.69) is 10.6 Å². The van der Waals surface area contributed by atoms with Crippen molar-refractivity contribution in [2.75, 3.05) is 16.4 Å². The number of benzene rings is 2. The van der Waals surface area contributed by atoms with E-state index in [9.17, 15) is 10.1 Å². The number of nitrogens with two attached hydrogens (primary N) is 1. The molecule has 0 atom stereocenters. The van der Waals surface area contributed by atoms with Crippen LogP contribution in [0.1, 0.15) is 12.5 Å². The number of nitrogens with one attached hydrogen (secondary N) is 2. The van der Waals surface area contributed by atoms with Gasteiger partial charge in [0.05, 0.1) is 0 Å². The van der Waals surface area contributed by atoms with E-state index in [4.69, 9.17) is 5.73 Å². The van der Waals surface area contributed by atoms with Gasteiger partial charge in [0.2, 0.25) is 0 Å². The molecular weight excluding hydrogens is 288 g/mol. The Bertz CT molecular complexity index is 757. The summed E-state index contributed by atoms with van der Waals surface area (Å²) in [6.07, 6.45) is 2.28. The van der Waals surface area contributed by atoms with Crippen LogP contribution in [-0.2, 0) is 11.2 Å². The van der Waals surface area contributed by atoms with Gasteiger partial charge in [-0.15, -0.1) is 0 Å². The molecule has 4 N–H and O–H groups in total. The SMILES string of the molecule is CCc1ccccc1N/C=C(/C#N)C(=O)Nc1ccc(N)cc1. The lowest BCUT2D eigenvalue weighted by Crippen LogP contribution is -2.14. The third kappa shape index (κ3) is 4.35. The molecule has 0 aliphatic rings. The molecule has 1 amide bonds. The fourth-order valence-electron chi connectivity index (χ4n) is 2.03. The summed E-state index contributed by atoms with van der Waals surface area (Å²) in [6, 6.07) is 16.4. The Morgan fingerprint density at radius 2 is 1.91 bits per heavy atom. The number of hydrogen-bond acceptors (Lipinski definition) is 4. The highest BCUT2D eigenvalue weighted by Gasteiger charge is 2.09. The van der Waals surface area contributed by atoms with Crippen LogP contribution in [0.15, 0.2) is 60.3 Å². The molecule has 0 unspecified atom stereocenters. The van der Waals surface area contributed by atoms with Crippen LogP contribution in [0.5, 0.6) is 0 Å². The molecule has 2 aromatic rings. The van der Waals surface area contributed by atoms with Crippen molar-refractivity contribution in [3.05, 3.63) is 65.9 Å². The van der Waals surface area contributed by atoms with Crippen LogP contribution in [0.25, 0.3) is 0 Å². The van der Waals surface area contributed by atoms with Gasteiger partial charge < -0.3 is 16.4 Å². The minimum Gasteiger partial charge on any atom is -0.399 e. The number of anilines is 3. The molecule has 5 heteroatoms. The number of amides is 1. The fraction of sp³-hybridized carbons (Fsp3) is 0.111. The lowest BCUT2D eigenvalue weighted by atomic mass is 10.1. The molecule has 23 heavy (non-hydrogen) atoms. The molecule has 0 fully saturated rings. The van der Waals surface area contributed by atoms with Crippen molar-refractivity contribution in [3.8, 4) is 6.07 Å². The maximum atomic E-state index is 12.1. The number of carbonyl (C=O) groups is 1. The van der Waals surface area contributed by atoms with E-state index < -0.39 is 5.91 Å². The lowest BCUT2D eigenvalue weighted by molar-refractivity contribution is -0.112. The van der Waals surface area contributed by atoms with Crippen molar-refractivity contribution in [1.82, 2.24) is 0 Å². The zero-order chi connectivity index (χ0) is 16.7. The van der Waals surface area contributed by atoms with Crippen LogP contribution in [0.4, 0.5) is 17.1 Å². The first kappa shape index (κ1) is 16.1. The highest BCUT2D eigenvalue weighted by atomic mass is 16.1. The summed E-state index contributed by atoms with van der Waals surface area (Å²) in [5.41, 5.74) is 8.77. The first-order valence-electron chi connectivity index (χ1n) is 7.25. The van der Waals surface area contributed by atoms with Crippen LogP contribution in [0.2, 0.25) is 0 Å². The lowest BCUT2D eigenvalue weighted by Gasteiger charge is -2.08. The Labute approximate surface area is 135 Å². The van der Waals surface area contributed by atoms with Crippen LogP contribution >= 0.6 is 0 Å². The quantitative estimate of drug-likeness (QED) is 0.449. The summed E-state index contributed by atoms with van der Waals surface area (Å²) >= 11 is 0. The van der Waals surface area contributed by atoms with Crippen LogP contribution in [-0.4, -0.2) is 5.91 Å². The summed E-state index contributed by atoms with van der Waals surface area (Å²) in [5, 5.41) is 14.9. The van der Waals surface area contributed by atoms with Gasteiger partial charge in [0.1, 0.15) is 11.6 Å². The summed E-state index contributed by atoms with van der Waals surface area (Å²) in [6.45, 7) is 2.04. The van der Waals surface area contributed by atoms with Gasteiger partial charge in [-0.05, 0) is 42.3 Å². The minimum atomic E-state index is -0.473. The van der Waals surface area contributed by atoms with Crippen molar-refractivity contribution < 1.29 is 4.79 Å². The highest BCUT2D eigenvalue weighted by Crippen LogP contribution is 2.16. The second kappa shape index (κ2) is 7.66. The van der Waals surface area contributed by atoms with Gasteiger partial charge in [-0.2, -0.15) is 5.26 Å². The number of nitriles is 1. The number of hydrogen-bond donors (Lipinski definition) is 3. The predicted molar refractivity (Wildman–Crippen MR) is 92.6 cm³/mol. The molecule has 0 saturated heterocycles. The maximum absolute atomic E-state index is 12.1. The molecule has 0 aliphatic heterocycles. The standard InChI is InChI=1S/C18H18N4O/c1-2-13-5-3-4-6-17(13)21-12-14(11-19)18(23)22-16-9-7-15(20)8-10-16/h3-10,12,21H,2,20H2,1H3,(H,22,23)/b14-12-. The third-order valence-electron chi connectivity index (χ3n) is 3.30. The van der Waals surface area contributed by atoms with E-state index in [-0.39, 0.29) is 5.57 Å². The maximum Gasteiger partial charge on any atom is 0.267 e. The van der Waals surface area contributed by atoms with E-state index in [0.29, 0.717) is 11.4 Å². The average molecular weight is 306 g/mol. The van der Waals surface area contributed by atoms with Crippen LogP contribution < -0.4 is 16.4 Å². The predicted octanol–water partition coefficient (Wildman–Crippen LogP) is 3.29. The van der Waals surface area contributed by atoms with Gasteiger partial charge >= 0.3 is 0 Å². The zero-order valence-corrected chi connectivity index (χ0v) is 12.8. The summed E-state index contributed by atoms with van der Waals surface area (Å²) in [5.74, 6) is -0.473. The zero-order valence-electron chi connectivity index (χ0n) is 12.8. The van der Waals surface area contributed by atoms with Gasteiger partial charge in [-0.1, -0.05) is 25.1 Å². The molecule has 2 aromatic carbocycles. The first-order chi connectivity index (χ1) is 11.1. The second-order valence-electron chi connectivity index (χ2n) is 4.90. The van der Waals surface area contributed by atoms with Crippen LogP contribution in [0, 0.1) is 11.3 Å². The van der Waals surface area contributed by atoms with Gasteiger partial charge in [0.25, 0.3) is 5.91 Å². The third-order valence-corrected chi connectivity index (χ3v) is 3.30. The molecule has 2 rings (SSSR count). The largest absolute Gasteiger partial charge is 0.399 e. The average Bonchev–Trinajstić information content (AvgIpc) is 2.58.